The molecule has 1 aromatic heterocycles. The highest BCUT2D eigenvalue weighted by atomic mass is 16.5. The van der Waals surface area contributed by atoms with Crippen LogP contribution in [0.2, 0.25) is 0 Å². The molecule has 4 rings (SSSR count). The Morgan fingerprint density at radius 2 is 1.76 bits per heavy atom. The maximum atomic E-state index is 13.0. The SMILES string of the molecule is Cc1nc2ccccc2c(=O)n1CCCOC(=O)C1(c2ccccc2)CCCC1. The van der Waals surface area contributed by atoms with E-state index >= 15 is 0 Å². The molecule has 0 spiro atoms. The van der Waals surface area contributed by atoms with Crippen molar-refractivity contribution in [3.05, 3.63) is 76.3 Å². The van der Waals surface area contributed by atoms with Crippen LogP contribution in [0.4, 0.5) is 0 Å². The molecule has 5 nitrogen and oxygen atoms in total. The van der Waals surface area contributed by atoms with Gasteiger partial charge in [-0.3, -0.25) is 14.2 Å². The molecule has 2 aromatic carbocycles. The van der Waals surface area contributed by atoms with E-state index in [1.165, 1.54) is 0 Å². The van der Waals surface area contributed by atoms with E-state index in [1.54, 1.807) is 10.6 Å². The summed E-state index contributed by atoms with van der Waals surface area (Å²) in [6.45, 7) is 2.61. The quantitative estimate of drug-likeness (QED) is 0.469. The predicted molar refractivity (Wildman–Crippen MR) is 113 cm³/mol. The maximum Gasteiger partial charge on any atom is 0.316 e. The molecule has 0 N–H and O–H groups in total. The number of nitrogens with zero attached hydrogens (tertiary/aromatic N) is 2. The van der Waals surface area contributed by atoms with Gasteiger partial charge in [-0.1, -0.05) is 55.3 Å². The first-order valence-corrected chi connectivity index (χ1v) is 10.3. The summed E-state index contributed by atoms with van der Waals surface area (Å²) in [6, 6.07) is 17.3. The fourth-order valence-corrected chi connectivity index (χ4v) is 4.41. The van der Waals surface area contributed by atoms with Crippen LogP contribution in [0.5, 0.6) is 0 Å². The number of carbonyl (C=O) groups excluding carboxylic acids is 1. The number of rotatable bonds is 6. The molecule has 0 unspecified atom stereocenters. The van der Waals surface area contributed by atoms with Crippen molar-refractivity contribution >= 4 is 16.9 Å². The van der Waals surface area contributed by atoms with Crippen LogP contribution in [0.3, 0.4) is 0 Å². The maximum absolute atomic E-state index is 13.0. The second kappa shape index (κ2) is 8.19. The van der Waals surface area contributed by atoms with E-state index in [-0.39, 0.29) is 11.5 Å². The minimum Gasteiger partial charge on any atom is -0.465 e. The molecule has 0 radical (unpaired) electrons. The summed E-state index contributed by atoms with van der Waals surface area (Å²) in [4.78, 5) is 30.2. The van der Waals surface area contributed by atoms with Crippen LogP contribution < -0.4 is 5.56 Å². The van der Waals surface area contributed by atoms with Crippen LogP contribution in [0.15, 0.2) is 59.4 Å². The van der Waals surface area contributed by atoms with Crippen LogP contribution in [0.1, 0.15) is 43.5 Å². The molecule has 29 heavy (non-hydrogen) atoms. The standard InChI is InChI=1S/C24H26N2O3/c1-18-25-21-13-6-5-12-20(21)22(27)26(18)16-9-17-29-23(28)24(14-7-8-15-24)19-10-3-2-4-11-19/h2-6,10-13H,7-9,14-17H2,1H3. The largest absolute Gasteiger partial charge is 0.465 e. The topological polar surface area (TPSA) is 61.2 Å². The Kier molecular flexibility index (Phi) is 5.47. The van der Waals surface area contributed by atoms with Gasteiger partial charge in [-0.05, 0) is 43.9 Å². The molecule has 1 heterocycles. The van der Waals surface area contributed by atoms with Crippen LogP contribution in [-0.4, -0.2) is 22.1 Å². The summed E-state index contributed by atoms with van der Waals surface area (Å²) in [5.41, 5.74) is 1.20. The Bertz CT molecular complexity index is 1070. The van der Waals surface area contributed by atoms with Crippen LogP contribution in [0, 0.1) is 6.92 Å². The molecule has 0 amide bonds. The van der Waals surface area contributed by atoms with Crippen molar-refractivity contribution in [1.82, 2.24) is 9.55 Å². The molecule has 1 aliphatic rings. The molecule has 5 heteroatoms. The van der Waals surface area contributed by atoms with Crippen molar-refractivity contribution in [1.29, 1.82) is 0 Å². The Morgan fingerprint density at radius 3 is 2.52 bits per heavy atom. The van der Waals surface area contributed by atoms with Gasteiger partial charge in [0.05, 0.1) is 22.9 Å². The lowest BCUT2D eigenvalue weighted by Gasteiger charge is -2.27. The van der Waals surface area contributed by atoms with Crippen LogP contribution >= 0.6 is 0 Å². The highest BCUT2D eigenvalue weighted by Gasteiger charge is 2.43. The van der Waals surface area contributed by atoms with Crippen molar-refractivity contribution in [3.8, 4) is 0 Å². The van der Waals surface area contributed by atoms with Gasteiger partial charge in [-0.15, -0.1) is 0 Å². The first-order chi connectivity index (χ1) is 14.1. The van der Waals surface area contributed by atoms with Crippen molar-refractivity contribution < 1.29 is 9.53 Å². The number of aryl methyl sites for hydroxylation is 1. The summed E-state index contributed by atoms with van der Waals surface area (Å²) >= 11 is 0. The smallest absolute Gasteiger partial charge is 0.316 e. The summed E-state index contributed by atoms with van der Waals surface area (Å²) in [7, 11) is 0. The van der Waals surface area contributed by atoms with Gasteiger partial charge in [0.2, 0.25) is 0 Å². The lowest BCUT2D eigenvalue weighted by atomic mass is 9.79. The van der Waals surface area contributed by atoms with E-state index in [4.69, 9.17) is 4.74 Å². The van der Waals surface area contributed by atoms with E-state index in [0.29, 0.717) is 36.3 Å². The second-order valence-corrected chi connectivity index (χ2v) is 7.78. The molecular formula is C24H26N2O3. The third-order valence-corrected chi connectivity index (χ3v) is 5.99. The molecule has 0 atom stereocenters. The zero-order chi connectivity index (χ0) is 20.3. The minimum atomic E-state index is -0.515. The number of benzene rings is 2. The van der Waals surface area contributed by atoms with E-state index < -0.39 is 5.41 Å². The van der Waals surface area contributed by atoms with E-state index in [1.807, 2.05) is 55.5 Å². The summed E-state index contributed by atoms with van der Waals surface area (Å²) in [5, 5.41) is 0.615. The van der Waals surface area contributed by atoms with Gasteiger partial charge in [0.25, 0.3) is 5.56 Å². The zero-order valence-electron chi connectivity index (χ0n) is 16.8. The average Bonchev–Trinajstić information content (AvgIpc) is 3.25. The third kappa shape index (κ3) is 3.69. The van der Waals surface area contributed by atoms with Gasteiger partial charge in [0.15, 0.2) is 0 Å². The van der Waals surface area contributed by atoms with E-state index in [2.05, 4.69) is 4.98 Å². The first kappa shape index (κ1) is 19.4. The monoisotopic (exact) mass is 390 g/mol. The van der Waals surface area contributed by atoms with E-state index in [9.17, 15) is 9.59 Å². The molecule has 3 aromatic rings. The lowest BCUT2D eigenvalue weighted by Crippen LogP contribution is -2.35. The number of fused-ring (bicyclic) bond motifs is 1. The van der Waals surface area contributed by atoms with Crippen LogP contribution in [0.25, 0.3) is 10.9 Å². The normalized spacial score (nSPS) is 15.5. The number of hydrogen-bond acceptors (Lipinski definition) is 4. The van der Waals surface area contributed by atoms with Crippen molar-refractivity contribution in [2.24, 2.45) is 0 Å². The molecule has 150 valence electrons. The molecular weight excluding hydrogens is 364 g/mol. The molecule has 0 saturated heterocycles. The molecule has 0 bridgehead atoms. The lowest BCUT2D eigenvalue weighted by molar-refractivity contribution is -0.150. The molecule has 1 fully saturated rings. The van der Waals surface area contributed by atoms with E-state index in [0.717, 1.165) is 31.2 Å². The van der Waals surface area contributed by atoms with Crippen molar-refractivity contribution in [3.63, 3.8) is 0 Å². The first-order valence-electron chi connectivity index (χ1n) is 10.3. The summed E-state index contributed by atoms with van der Waals surface area (Å²) in [5.74, 6) is 0.540. The molecule has 1 aliphatic carbocycles. The Hall–Kier alpha value is -2.95. The number of hydrogen-bond donors (Lipinski definition) is 0. The second-order valence-electron chi connectivity index (χ2n) is 7.78. The van der Waals surface area contributed by atoms with Crippen molar-refractivity contribution in [2.45, 2.75) is 51.0 Å². The number of ether oxygens (including phenoxy) is 1. The number of carbonyl (C=O) groups is 1. The van der Waals surface area contributed by atoms with Gasteiger partial charge in [0, 0.05) is 6.54 Å². The fourth-order valence-electron chi connectivity index (χ4n) is 4.41. The summed E-state index contributed by atoms with van der Waals surface area (Å²) in [6.07, 6.45) is 4.34. The van der Waals surface area contributed by atoms with Crippen molar-refractivity contribution in [2.75, 3.05) is 6.61 Å². The minimum absolute atomic E-state index is 0.0454. The Labute approximate surface area is 170 Å². The van der Waals surface area contributed by atoms with Gasteiger partial charge in [-0.25, -0.2) is 4.98 Å². The number of esters is 1. The van der Waals surface area contributed by atoms with Gasteiger partial charge < -0.3 is 4.74 Å². The highest BCUT2D eigenvalue weighted by Crippen LogP contribution is 2.42. The van der Waals surface area contributed by atoms with Gasteiger partial charge in [-0.2, -0.15) is 0 Å². The number of aromatic nitrogens is 2. The Morgan fingerprint density at radius 1 is 1.07 bits per heavy atom. The third-order valence-electron chi connectivity index (χ3n) is 5.99. The highest BCUT2D eigenvalue weighted by molar-refractivity contribution is 5.83. The average molecular weight is 390 g/mol. The number of para-hydroxylation sites is 1. The van der Waals surface area contributed by atoms with Crippen LogP contribution in [-0.2, 0) is 21.5 Å². The molecule has 1 saturated carbocycles. The molecule has 0 aliphatic heterocycles. The predicted octanol–water partition coefficient (Wildman–Crippen LogP) is 4.15. The van der Waals surface area contributed by atoms with Gasteiger partial charge in [0.1, 0.15) is 5.82 Å². The van der Waals surface area contributed by atoms with Gasteiger partial charge >= 0.3 is 5.97 Å². The Balaban J connectivity index is 1.42. The fraction of sp³-hybridized carbons (Fsp3) is 0.375. The zero-order valence-corrected chi connectivity index (χ0v) is 16.8. The summed E-state index contributed by atoms with van der Waals surface area (Å²) < 4.78 is 7.36.